The Balaban J connectivity index is 1.49. The van der Waals surface area contributed by atoms with Crippen molar-refractivity contribution in [1.82, 2.24) is 5.32 Å². The van der Waals surface area contributed by atoms with Crippen LogP contribution in [0, 0.1) is 0 Å². The van der Waals surface area contributed by atoms with Gasteiger partial charge in [0, 0.05) is 11.4 Å². The summed E-state index contributed by atoms with van der Waals surface area (Å²) in [6.45, 7) is 0.697. The van der Waals surface area contributed by atoms with Gasteiger partial charge in [-0.05, 0) is 48.9 Å². The van der Waals surface area contributed by atoms with Crippen molar-refractivity contribution in [3.05, 3.63) is 39.8 Å². The van der Waals surface area contributed by atoms with E-state index in [0.29, 0.717) is 17.1 Å². The Morgan fingerprint density at radius 1 is 1.22 bits per heavy atom. The van der Waals surface area contributed by atoms with Crippen molar-refractivity contribution in [2.45, 2.75) is 32.2 Å². The molecular weight excluding hydrogens is 312 g/mol. The molecule has 1 aromatic heterocycles. The number of rotatable bonds is 3. The summed E-state index contributed by atoms with van der Waals surface area (Å²) in [6, 6.07) is 5.69. The fraction of sp³-hybridized carbons (Fsp3) is 0.353. The number of carbonyl (C=O) groups is 1. The number of benzene rings is 1. The average molecular weight is 330 g/mol. The molecule has 0 saturated heterocycles. The lowest BCUT2D eigenvalue weighted by molar-refractivity contribution is 0.0951. The molecule has 0 bridgehead atoms. The van der Waals surface area contributed by atoms with Crippen molar-refractivity contribution in [3.8, 4) is 11.5 Å². The van der Waals surface area contributed by atoms with Gasteiger partial charge in [-0.2, -0.15) is 0 Å². The molecule has 5 nitrogen and oxygen atoms in total. The number of nitrogens with two attached hydrogens (primary N) is 1. The van der Waals surface area contributed by atoms with E-state index in [4.69, 9.17) is 15.2 Å². The van der Waals surface area contributed by atoms with Crippen molar-refractivity contribution in [2.75, 3.05) is 12.5 Å². The summed E-state index contributed by atoms with van der Waals surface area (Å²) >= 11 is 1.56. The summed E-state index contributed by atoms with van der Waals surface area (Å²) in [5.41, 5.74) is 8.90. The lowest BCUT2D eigenvalue weighted by Crippen LogP contribution is -2.24. The normalized spacial score (nSPS) is 15.3. The third-order valence-electron chi connectivity index (χ3n) is 4.32. The third kappa shape index (κ3) is 2.63. The van der Waals surface area contributed by atoms with Gasteiger partial charge in [0.15, 0.2) is 11.5 Å². The van der Waals surface area contributed by atoms with E-state index >= 15 is 0 Å². The minimum absolute atomic E-state index is 0.0837. The molecule has 2 aromatic rings. The summed E-state index contributed by atoms with van der Waals surface area (Å²) in [5.74, 6) is 1.39. The van der Waals surface area contributed by atoms with E-state index < -0.39 is 0 Å². The fourth-order valence-corrected chi connectivity index (χ4v) is 4.31. The molecule has 1 aliphatic heterocycles. The largest absolute Gasteiger partial charge is 0.454 e. The monoisotopic (exact) mass is 330 g/mol. The molecule has 0 atom stereocenters. The molecule has 1 aromatic carbocycles. The number of aryl methyl sites for hydroxylation is 1. The van der Waals surface area contributed by atoms with Crippen molar-refractivity contribution in [3.63, 3.8) is 0 Å². The summed E-state index contributed by atoms with van der Waals surface area (Å²) < 4.78 is 10.6. The van der Waals surface area contributed by atoms with Crippen LogP contribution in [0.15, 0.2) is 18.2 Å². The number of nitrogen functional groups attached to an aromatic ring is 1. The summed E-state index contributed by atoms with van der Waals surface area (Å²) in [4.78, 5) is 13.8. The van der Waals surface area contributed by atoms with Crippen LogP contribution in [0.25, 0.3) is 0 Å². The Hall–Kier alpha value is -2.21. The number of thiophene rings is 1. The van der Waals surface area contributed by atoms with E-state index in [1.54, 1.807) is 11.3 Å². The van der Waals surface area contributed by atoms with E-state index in [1.807, 2.05) is 18.2 Å². The van der Waals surface area contributed by atoms with Crippen LogP contribution >= 0.6 is 11.3 Å². The quantitative estimate of drug-likeness (QED) is 0.907. The predicted molar refractivity (Wildman–Crippen MR) is 89.1 cm³/mol. The number of hydrogen-bond donors (Lipinski definition) is 2. The topological polar surface area (TPSA) is 73.6 Å². The van der Waals surface area contributed by atoms with Crippen LogP contribution in [-0.2, 0) is 19.4 Å². The molecule has 0 fully saturated rings. The molecule has 4 rings (SSSR count). The van der Waals surface area contributed by atoms with Crippen LogP contribution in [0.5, 0.6) is 11.5 Å². The van der Waals surface area contributed by atoms with Gasteiger partial charge in [-0.1, -0.05) is 6.07 Å². The third-order valence-corrected chi connectivity index (χ3v) is 5.44. The predicted octanol–water partition coefficient (Wildman–Crippen LogP) is 2.87. The number of amides is 1. The van der Waals surface area contributed by atoms with Gasteiger partial charge in [-0.15, -0.1) is 11.3 Å². The molecule has 120 valence electrons. The highest BCUT2D eigenvalue weighted by Gasteiger charge is 2.24. The maximum absolute atomic E-state index is 12.6. The Kier molecular flexibility index (Phi) is 3.61. The number of nitrogens with one attached hydrogen (secondary N) is 1. The van der Waals surface area contributed by atoms with E-state index in [0.717, 1.165) is 41.9 Å². The first kappa shape index (κ1) is 14.4. The standard InChI is InChI=1S/C17H18N2O3S/c18-16-15(11-3-1-2-4-14(11)23-16)17(20)19-8-10-5-6-12-13(7-10)22-9-21-12/h5-7H,1-4,8-9,18H2,(H,19,20). The van der Waals surface area contributed by atoms with Crippen LogP contribution in [0.4, 0.5) is 5.00 Å². The zero-order chi connectivity index (χ0) is 15.8. The summed E-state index contributed by atoms with van der Waals surface area (Å²) in [5, 5.41) is 3.61. The number of hydrogen-bond acceptors (Lipinski definition) is 5. The van der Waals surface area contributed by atoms with Gasteiger partial charge in [0.05, 0.1) is 10.6 Å². The lowest BCUT2D eigenvalue weighted by Gasteiger charge is -2.13. The number of carbonyl (C=O) groups excluding carboxylic acids is 1. The Bertz CT molecular complexity index is 769. The van der Waals surface area contributed by atoms with Crippen molar-refractivity contribution in [1.29, 1.82) is 0 Å². The first-order valence-electron chi connectivity index (χ1n) is 7.79. The van der Waals surface area contributed by atoms with Crippen molar-refractivity contribution >= 4 is 22.2 Å². The second kappa shape index (κ2) is 5.77. The zero-order valence-corrected chi connectivity index (χ0v) is 13.5. The zero-order valence-electron chi connectivity index (χ0n) is 12.7. The molecule has 3 N–H and O–H groups in total. The molecular formula is C17H18N2O3S. The fourth-order valence-electron chi connectivity index (χ4n) is 3.16. The highest BCUT2D eigenvalue weighted by molar-refractivity contribution is 7.16. The molecule has 0 saturated carbocycles. The maximum atomic E-state index is 12.6. The van der Waals surface area contributed by atoms with Gasteiger partial charge in [0.1, 0.15) is 0 Å². The van der Waals surface area contributed by atoms with Gasteiger partial charge < -0.3 is 20.5 Å². The maximum Gasteiger partial charge on any atom is 0.254 e. The van der Waals surface area contributed by atoms with E-state index in [9.17, 15) is 4.79 Å². The van der Waals surface area contributed by atoms with Crippen molar-refractivity contribution in [2.24, 2.45) is 0 Å². The van der Waals surface area contributed by atoms with E-state index in [2.05, 4.69) is 5.32 Å². The second-order valence-corrected chi connectivity index (χ2v) is 6.96. The van der Waals surface area contributed by atoms with E-state index in [1.165, 1.54) is 11.3 Å². The van der Waals surface area contributed by atoms with Crippen LogP contribution in [-0.4, -0.2) is 12.7 Å². The molecule has 1 aliphatic carbocycles. The van der Waals surface area contributed by atoms with Gasteiger partial charge in [-0.3, -0.25) is 4.79 Å². The molecule has 1 amide bonds. The van der Waals surface area contributed by atoms with E-state index in [-0.39, 0.29) is 12.7 Å². The van der Waals surface area contributed by atoms with Gasteiger partial charge in [-0.25, -0.2) is 0 Å². The van der Waals surface area contributed by atoms with Crippen LogP contribution in [0.3, 0.4) is 0 Å². The molecule has 0 unspecified atom stereocenters. The number of ether oxygens (including phenoxy) is 2. The first-order chi connectivity index (χ1) is 11.2. The highest BCUT2D eigenvalue weighted by Crippen LogP contribution is 2.36. The second-order valence-electron chi connectivity index (χ2n) is 5.82. The van der Waals surface area contributed by atoms with Crippen LogP contribution < -0.4 is 20.5 Å². The van der Waals surface area contributed by atoms with Gasteiger partial charge in [0.25, 0.3) is 5.91 Å². The SMILES string of the molecule is Nc1sc2c(c1C(=O)NCc1ccc3c(c1)OCO3)CCCC2. The lowest BCUT2D eigenvalue weighted by atomic mass is 9.95. The molecule has 2 heterocycles. The van der Waals surface area contributed by atoms with Crippen LogP contribution in [0.1, 0.15) is 39.2 Å². The van der Waals surface area contributed by atoms with Gasteiger partial charge >= 0.3 is 0 Å². The Morgan fingerprint density at radius 2 is 2.04 bits per heavy atom. The minimum Gasteiger partial charge on any atom is -0.454 e. The molecule has 2 aliphatic rings. The average Bonchev–Trinajstić information content (AvgIpc) is 3.15. The summed E-state index contributed by atoms with van der Waals surface area (Å²) in [7, 11) is 0. The minimum atomic E-state index is -0.0837. The first-order valence-corrected chi connectivity index (χ1v) is 8.61. The number of fused-ring (bicyclic) bond motifs is 2. The Labute approximate surface area is 138 Å². The highest BCUT2D eigenvalue weighted by atomic mass is 32.1. The molecule has 0 radical (unpaired) electrons. The van der Waals surface area contributed by atoms with Gasteiger partial charge in [0.2, 0.25) is 6.79 Å². The molecule has 6 heteroatoms. The summed E-state index contributed by atoms with van der Waals surface area (Å²) in [6.07, 6.45) is 4.31. The smallest absolute Gasteiger partial charge is 0.254 e. The van der Waals surface area contributed by atoms with Crippen LogP contribution in [0.2, 0.25) is 0 Å². The Morgan fingerprint density at radius 3 is 2.96 bits per heavy atom. The number of anilines is 1. The van der Waals surface area contributed by atoms with Crippen molar-refractivity contribution < 1.29 is 14.3 Å². The molecule has 0 spiro atoms. The molecule has 23 heavy (non-hydrogen) atoms.